The Morgan fingerprint density at radius 3 is 2.87 bits per heavy atom. The van der Waals surface area contributed by atoms with Gasteiger partial charge in [-0.25, -0.2) is 9.48 Å². The fourth-order valence-electron chi connectivity index (χ4n) is 3.71. The molecule has 8 heteroatoms. The fourth-order valence-corrected chi connectivity index (χ4v) is 4.42. The number of rotatable bonds is 8. The molecule has 1 atom stereocenters. The number of fused-ring (bicyclic) bond motifs is 1. The fraction of sp³-hybridized carbons (Fsp3) is 0.409. The Kier molecular flexibility index (Phi) is 6.63. The van der Waals surface area contributed by atoms with Gasteiger partial charge in [-0.15, -0.1) is 11.3 Å². The van der Waals surface area contributed by atoms with Gasteiger partial charge in [0.25, 0.3) is 0 Å². The number of nitrogens with one attached hydrogen (secondary N) is 1. The maximum absolute atomic E-state index is 12.7. The summed E-state index contributed by atoms with van der Waals surface area (Å²) in [7, 11) is 0. The maximum atomic E-state index is 12.7. The molecule has 1 aliphatic heterocycles. The van der Waals surface area contributed by atoms with Crippen molar-refractivity contribution in [3.05, 3.63) is 69.0 Å². The highest BCUT2D eigenvalue weighted by atomic mass is 32.1. The molecule has 30 heavy (non-hydrogen) atoms. The van der Waals surface area contributed by atoms with E-state index in [0.29, 0.717) is 45.5 Å². The van der Waals surface area contributed by atoms with Crippen LogP contribution in [0.5, 0.6) is 5.75 Å². The number of carbonyl (C=O) groups is 1. The molecule has 0 saturated carbocycles. The molecule has 0 saturated heterocycles. The first-order chi connectivity index (χ1) is 14.7. The van der Waals surface area contributed by atoms with E-state index < -0.39 is 0 Å². The van der Waals surface area contributed by atoms with Crippen LogP contribution in [0.4, 0.5) is 0 Å². The number of hydrogen-bond acceptors (Lipinski definition) is 5. The number of nitrogens with zero attached hydrogens (tertiary/aromatic N) is 3. The second-order valence-electron chi connectivity index (χ2n) is 7.38. The van der Waals surface area contributed by atoms with Crippen molar-refractivity contribution in [3.8, 4) is 5.75 Å². The predicted molar refractivity (Wildman–Crippen MR) is 116 cm³/mol. The summed E-state index contributed by atoms with van der Waals surface area (Å²) in [6.07, 6.45) is 2.85. The summed E-state index contributed by atoms with van der Waals surface area (Å²) in [5, 5.41) is 9.58. The van der Waals surface area contributed by atoms with E-state index in [1.807, 2.05) is 41.8 Å². The highest BCUT2D eigenvalue weighted by Crippen LogP contribution is 2.18. The zero-order valence-electron chi connectivity index (χ0n) is 16.8. The van der Waals surface area contributed by atoms with Crippen molar-refractivity contribution in [3.63, 3.8) is 0 Å². The third-order valence-corrected chi connectivity index (χ3v) is 6.29. The number of aromatic nitrogens is 3. The second kappa shape index (κ2) is 9.75. The lowest BCUT2D eigenvalue weighted by atomic mass is 9.99. The molecule has 1 aromatic carbocycles. The third-order valence-electron chi connectivity index (χ3n) is 5.35. The first-order valence-electron chi connectivity index (χ1n) is 10.3. The molecule has 0 radical (unpaired) electrons. The number of carbonyl (C=O) groups excluding carboxylic acids is 1. The number of benzene rings is 1. The molecule has 3 heterocycles. The van der Waals surface area contributed by atoms with Crippen molar-refractivity contribution in [2.75, 3.05) is 13.2 Å². The lowest BCUT2D eigenvalue weighted by Gasteiger charge is -2.13. The minimum atomic E-state index is -0.125. The first kappa shape index (κ1) is 20.4. The largest absolute Gasteiger partial charge is 0.492 e. The molecular weight excluding hydrogens is 400 g/mol. The number of ether oxygens (including phenoxy) is 1. The van der Waals surface area contributed by atoms with Crippen LogP contribution >= 0.6 is 11.3 Å². The van der Waals surface area contributed by atoms with Crippen LogP contribution in [-0.2, 0) is 30.7 Å². The van der Waals surface area contributed by atoms with Crippen LogP contribution in [0.2, 0.25) is 0 Å². The standard InChI is InChI=1S/C22H26N4O3S/c27-21(23-12-10-19-7-4-16-30-19)17-8-9-20-24-26(22(28)25(20)13-11-17)14-15-29-18-5-2-1-3-6-18/h1-7,16-17H,8-15H2,(H,23,27). The average Bonchev–Trinajstić information content (AvgIpc) is 3.31. The number of hydrogen-bond donors (Lipinski definition) is 1. The van der Waals surface area contributed by atoms with Crippen molar-refractivity contribution < 1.29 is 9.53 Å². The van der Waals surface area contributed by atoms with Crippen molar-refractivity contribution >= 4 is 17.2 Å². The Morgan fingerprint density at radius 1 is 1.20 bits per heavy atom. The highest BCUT2D eigenvalue weighted by molar-refractivity contribution is 7.09. The number of amides is 1. The van der Waals surface area contributed by atoms with Crippen molar-refractivity contribution in [2.45, 2.75) is 38.8 Å². The zero-order chi connectivity index (χ0) is 20.8. The minimum absolute atomic E-state index is 0.0777. The van der Waals surface area contributed by atoms with Crippen LogP contribution in [-0.4, -0.2) is 33.4 Å². The zero-order valence-corrected chi connectivity index (χ0v) is 17.6. The Bertz CT molecular complexity index is 1010. The minimum Gasteiger partial charge on any atom is -0.492 e. The van der Waals surface area contributed by atoms with Gasteiger partial charge in [0.05, 0.1) is 6.54 Å². The molecule has 1 N–H and O–H groups in total. The Balaban J connectivity index is 1.27. The predicted octanol–water partition coefficient (Wildman–Crippen LogP) is 2.50. The molecule has 0 fully saturated rings. The van der Waals surface area contributed by atoms with Gasteiger partial charge in [-0.05, 0) is 42.8 Å². The van der Waals surface area contributed by atoms with Crippen molar-refractivity contribution in [2.24, 2.45) is 5.92 Å². The Morgan fingerprint density at radius 2 is 2.07 bits per heavy atom. The maximum Gasteiger partial charge on any atom is 0.346 e. The molecule has 4 rings (SSSR count). The average molecular weight is 427 g/mol. The van der Waals surface area contributed by atoms with E-state index >= 15 is 0 Å². The molecule has 0 bridgehead atoms. The van der Waals surface area contributed by atoms with Gasteiger partial charge in [-0.3, -0.25) is 9.36 Å². The smallest absolute Gasteiger partial charge is 0.346 e. The third kappa shape index (κ3) is 4.99. The summed E-state index contributed by atoms with van der Waals surface area (Å²) >= 11 is 1.70. The van der Waals surface area contributed by atoms with Gasteiger partial charge in [-0.2, -0.15) is 5.10 Å². The molecular formula is C22H26N4O3S. The normalized spacial score (nSPS) is 15.9. The quantitative estimate of drug-likeness (QED) is 0.600. The second-order valence-corrected chi connectivity index (χ2v) is 8.41. The van der Waals surface area contributed by atoms with Gasteiger partial charge in [-0.1, -0.05) is 24.3 Å². The van der Waals surface area contributed by atoms with Crippen LogP contribution in [0, 0.1) is 5.92 Å². The summed E-state index contributed by atoms with van der Waals surface area (Å²) in [6.45, 7) is 1.96. The van der Waals surface area contributed by atoms with Crippen LogP contribution in [0.15, 0.2) is 52.6 Å². The molecule has 1 aliphatic rings. The van der Waals surface area contributed by atoms with Gasteiger partial charge in [0.1, 0.15) is 18.2 Å². The van der Waals surface area contributed by atoms with E-state index in [2.05, 4.69) is 16.5 Å². The lowest BCUT2D eigenvalue weighted by molar-refractivity contribution is -0.125. The summed E-state index contributed by atoms with van der Waals surface area (Å²) in [6, 6.07) is 13.6. The van der Waals surface area contributed by atoms with Gasteiger partial charge in [0.2, 0.25) is 5.91 Å². The summed E-state index contributed by atoms with van der Waals surface area (Å²) in [5.74, 6) is 1.53. The molecule has 1 amide bonds. The van der Waals surface area contributed by atoms with Crippen molar-refractivity contribution in [1.82, 2.24) is 19.7 Å². The van der Waals surface area contributed by atoms with E-state index in [-0.39, 0.29) is 17.5 Å². The van der Waals surface area contributed by atoms with Crippen LogP contribution in [0.25, 0.3) is 0 Å². The van der Waals surface area contributed by atoms with Gasteiger partial charge in [0, 0.05) is 30.3 Å². The van der Waals surface area contributed by atoms with Gasteiger partial charge in [0.15, 0.2) is 0 Å². The number of para-hydroxylation sites is 1. The number of thiophene rings is 1. The molecule has 0 spiro atoms. The highest BCUT2D eigenvalue weighted by Gasteiger charge is 2.25. The molecule has 7 nitrogen and oxygen atoms in total. The summed E-state index contributed by atoms with van der Waals surface area (Å²) in [4.78, 5) is 26.5. The van der Waals surface area contributed by atoms with Crippen LogP contribution in [0.3, 0.4) is 0 Å². The lowest BCUT2D eigenvalue weighted by Crippen LogP contribution is -2.33. The molecule has 2 aromatic heterocycles. The topological polar surface area (TPSA) is 78.2 Å². The van der Waals surface area contributed by atoms with Gasteiger partial charge < -0.3 is 10.1 Å². The SMILES string of the molecule is O=C(NCCc1cccs1)C1CCc2nn(CCOc3ccccc3)c(=O)n2CC1. The number of aryl methyl sites for hydroxylation is 1. The van der Waals surface area contributed by atoms with E-state index in [0.717, 1.165) is 18.0 Å². The van der Waals surface area contributed by atoms with Crippen LogP contribution < -0.4 is 15.7 Å². The Labute approximate surface area is 179 Å². The molecule has 158 valence electrons. The van der Waals surface area contributed by atoms with Gasteiger partial charge >= 0.3 is 5.69 Å². The molecule has 0 aliphatic carbocycles. The summed E-state index contributed by atoms with van der Waals surface area (Å²) in [5.41, 5.74) is -0.125. The molecule has 1 unspecified atom stereocenters. The van der Waals surface area contributed by atoms with E-state index in [4.69, 9.17) is 4.74 Å². The Hall–Kier alpha value is -2.87. The first-order valence-corrected chi connectivity index (χ1v) is 11.2. The van der Waals surface area contributed by atoms with Crippen molar-refractivity contribution in [1.29, 1.82) is 0 Å². The molecule has 3 aromatic rings. The summed E-state index contributed by atoms with van der Waals surface area (Å²) < 4.78 is 8.85. The monoisotopic (exact) mass is 426 g/mol. The van der Waals surface area contributed by atoms with E-state index in [1.165, 1.54) is 9.56 Å². The van der Waals surface area contributed by atoms with E-state index in [1.54, 1.807) is 15.9 Å². The van der Waals surface area contributed by atoms with Crippen LogP contribution in [0.1, 0.15) is 23.5 Å². The van der Waals surface area contributed by atoms with E-state index in [9.17, 15) is 9.59 Å².